The number of nitrogens with two attached hydrogens (primary N) is 1. The first-order chi connectivity index (χ1) is 9.40. The average molecular weight is 428 g/mol. The van der Waals surface area contributed by atoms with Gasteiger partial charge in [-0.05, 0) is 63.3 Å². The number of hydrogen-bond donors (Lipinski definition) is 2. The van der Waals surface area contributed by atoms with Gasteiger partial charge in [0.2, 0.25) is 10.0 Å². The van der Waals surface area contributed by atoms with Gasteiger partial charge in [0.05, 0.1) is 6.10 Å². The van der Waals surface area contributed by atoms with Gasteiger partial charge in [-0.2, -0.15) is 0 Å². The van der Waals surface area contributed by atoms with Gasteiger partial charge in [0.15, 0.2) is 0 Å². The van der Waals surface area contributed by atoms with E-state index in [9.17, 15) is 8.42 Å². The van der Waals surface area contributed by atoms with Crippen LogP contribution in [0, 0.1) is 0 Å². The molecule has 0 saturated carbocycles. The first-order valence-electron chi connectivity index (χ1n) is 6.26. The minimum absolute atomic E-state index is 0.0511. The molecule has 1 saturated heterocycles. The highest BCUT2D eigenvalue weighted by Crippen LogP contribution is 2.32. The first-order valence-corrected chi connectivity index (χ1v) is 9.33. The van der Waals surface area contributed by atoms with E-state index in [2.05, 4.69) is 36.6 Å². The van der Waals surface area contributed by atoms with Crippen LogP contribution in [0.2, 0.25) is 0 Å². The molecule has 1 fully saturated rings. The van der Waals surface area contributed by atoms with Gasteiger partial charge in [-0.1, -0.05) is 0 Å². The fraction of sp³-hybridized carbons (Fsp3) is 0.500. The van der Waals surface area contributed by atoms with Gasteiger partial charge in [0.1, 0.15) is 4.90 Å². The normalized spacial score (nSPS) is 20.0. The Morgan fingerprint density at radius 1 is 1.30 bits per heavy atom. The second kappa shape index (κ2) is 6.74. The summed E-state index contributed by atoms with van der Waals surface area (Å²) in [6.07, 6.45) is 2.94. The van der Waals surface area contributed by atoms with Crippen LogP contribution in [0.15, 0.2) is 26.0 Å². The van der Waals surface area contributed by atoms with E-state index in [0.717, 1.165) is 19.3 Å². The van der Waals surface area contributed by atoms with Crippen LogP contribution in [0.25, 0.3) is 0 Å². The summed E-state index contributed by atoms with van der Waals surface area (Å²) in [4.78, 5) is 0.155. The predicted molar refractivity (Wildman–Crippen MR) is 85.0 cm³/mol. The molecule has 3 N–H and O–H groups in total. The number of anilines is 1. The molecule has 0 amide bonds. The maximum atomic E-state index is 12.4. The van der Waals surface area contributed by atoms with Crippen molar-refractivity contribution in [1.82, 2.24) is 4.72 Å². The SMILES string of the molecule is Nc1cc(Br)c(S(=O)(=O)NCC2CCCCO2)c(Br)c1. The van der Waals surface area contributed by atoms with Crippen LogP contribution in [-0.2, 0) is 14.8 Å². The third kappa shape index (κ3) is 3.94. The van der Waals surface area contributed by atoms with E-state index in [1.165, 1.54) is 0 Å². The van der Waals surface area contributed by atoms with Crippen molar-refractivity contribution >= 4 is 47.6 Å². The molecule has 1 atom stereocenters. The molecule has 1 unspecified atom stereocenters. The summed E-state index contributed by atoms with van der Waals surface area (Å²) in [6.45, 7) is 0.979. The Kier molecular flexibility index (Phi) is 5.47. The molecule has 2 rings (SSSR count). The van der Waals surface area contributed by atoms with Gasteiger partial charge in [-0.3, -0.25) is 0 Å². The summed E-state index contributed by atoms with van der Waals surface area (Å²) in [5.74, 6) is 0. The van der Waals surface area contributed by atoms with Crippen molar-refractivity contribution in [3.05, 3.63) is 21.1 Å². The fourth-order valence-electron chi connectivity index (χ4n) is 2.08. The molecule has 0 bridgehead atoms. The molecule has 1 aromatic carbocycles. The van der Waals surface area contributed by atoms with Crippen molar-refractivity contribution in [3.8, 4) is 0 Å². The van der Waals surface area contributed by atoms with Crippen LogP contribution in [0.5, 0.6) is 0 Å². The van der Waals surface area contributed by atoms with Crippen molar-refractivity contribution < 1.29 is 13.2 Å². The van der Waals surface area contributed by atoms with E-state index < -0.39 is 10.0 Å². The highest BCUT2D eigenvalue weighted by molar-refractivity contribution is 9.11. The molecule has 1 heterocycles. The van der Waals surface area contributed by atoms with Gasteiger partial charge >= 0.3 is 0 Å². The Morgan fingerprint density at radius 2 is 1.95 bits per heavy atom. The second-order valence-corrected chi connectivity index (χ2v) is 8.07. The number of halogens is 2. The largest absolute Gasteiger partial charge is 0.399 e. The Balaban J connectivity index is 2.14. The standard InChI is InChI=1S/C12H16Br2N2O3S/c13-10-5-8(15)6-11(14)12(10)20(17,18)16-7-9-3-1-2-4-19-9/h5-6,9,16H,1-4,7,15H2. The maximum absolute atomic E-state index is 12.4. The third-order valence-electron chi connectivity index (χ3n) is 3.06. The van der Waals surface area contributed by atoms with Crippen molar-refractivity contribution in [3.63, 3.8) is 0 Å². The molecule has 1 aromatic rings. The lowest BCUT2D eigenvalue weighted by molar-refractivity contribution is 0.0200. The molecule has 8 heteroatoms. The van der Waals surface area contributed by atoms with Gasteiger partial charge in [0.25, 0.3) is 0 Å². The minimum Gasteiger partial charge on any atom is -0.399 e. The lowest BCUT2D eigenvalue weighted by Crippen LogP contribution is -2.35. The predicted octanol–water partition coefficient (Wildman–Crippen LogP) is 2.64. The monoisotopic (exact) mass is 426 g/mol. The van der Waals surface area contributed by atoms with Crippen molar-refractivity contribution in [1.29, 1.82) is 0 Å². The number of nitrogen functional groups attached to an aromatic ring is 1. The van der Waals surface area contributed by atoms with Crippen molar-refractivity contribution in [2.45, 2.75) is 30.3 Å². The molecular formula is C12H16Br2N2O3S. The number of nitrogens with one attached hydrogen (secondary N) is 1. The molecule has 112 valence electrons. The van der Waals surface area contributed by atoms with Crippen LogP contribution < -0.4 is 10.5 Å². The van der Waals surface area contributed by atoms with Gasteiger partial charge in [-0.25, -0.2) is 13.1 Å². The first kappa shape index (κ1) is 16.2. The zero-order valence-corrected chi connectivity index (χ0v) is 14.7. The lowest BCUT2D eigenvalue weighted by atomic mass is 10.1. The van der Waals surface area contributed by atoms with E-state index in [1.807, 2.05) is 0 Å². The Morgan fingerprint density at radius 3 is 2.50 bits per heavy atom. The quantitative estimate of drug-likeness (QED) is 0.723. The summed E-state index contributed by atoms with van der Waals surface area (Å²) < 4.78 is 33.7. The number of sulfonamides is 1. The number of rotatable bonds is 4. The Bertz CT molecular complexity index is 563. The highest BCUT2D eigenvalue weighted by atomic mass is 79.9. The zero-order valence-electron chi connectivity index (χ0n) is 10.7. The van der Waals surface area contributed by atoms with Crippen LogP contribution >= 0.6 is 31.9 Å². The number of ether oxygens (including phenoxy) is 1. The smallest absolute Gasteiger partial charge is 0.242 e. The molecular weight excluding hydrogens is 412 g/mol. The van der Waals surface area contributed by atoms with Gasteiger partial charge < -0.3 is 10.5 Å². The van der Waals surface area contributed by atoms with Crippen LogP contribution in [0.4, 0.5) is 5.69 Å². The third-order valence-corrected chi connectivity index (χ3v) is 6.36. The van der Waals surface area contributed by atoms with Crippen molar-refractivity contribution in [2.75, 3.05) is 18.9 Å². The van der Waals surface area contributed by atoms with Crippen LogP contribution in [0.1, 0.15) is 19.3 Å². The summed E-state index contributed by atoms with van der Waals surface area (Å²) in [6, 6.07) is 3.13. The molecule has 1 aliphatic rings. The van der Waals surface area contributed by atoms with E-state index in [-0.39, 0.29) is 17.5 Å². The number of hydrogen-bond acceptors (Lipinski definition) is 4. The highest BCUT2D eigenvalue weighted by Gasteiger charge is 2.23. The summed E-state index contributed by atoms with van der Waals surface area (Å²) >= 11 is 6.48. The van der Waals surface area contributed by atoms with E-state index in [1.54, 1.807) is 12.1 Å². The molecule has 1 aliphatic heterocycles. The fourth-order valence-corrected chi connectivity index (χ4v) is 5.76. The molecule has 0 spiro atoms. The van der Waals surface area contributed by atoms with Crippen LogP contribution in [0.3, 0.4) is 0 Å². The molecule has 0 aromatic heterocycles. The molecule has 0 radical (unpaired) electrons. The Labute approximate surface area is 135 Å². The summed E-state index contributed by atoms with van der Waals surface area (Å²) in [7, 11) is -3.62. The van der Waals surface area contributed by atoms with Crippen LogP contribution in [-0.4, -0.2) is 27.7 Å². The molecule has 0 aliphatic carbocycles. The minimum atomic E-state index is -3.62. The topological polar surface area (TPSA) is 81.4 Å². The van der Waals surface area contributed by atoms with Gasteiger partial charge in [-0.15, -0.1) is 0 Å². The van der Waals surface area contributed by atoms with E-state index >= 15 is 0 Å². The summed E-state index contributed by atoms with van der Waals surface area (Å²) in [5.41, 5.74) is 6.15. The van der Waals surface area contributed by atoms with E-state index in [4.69, 9.17) is 10.5 Å². The maximum Gasteiger partial charge on any atom is 0.242 e. The van der Waals surface area contributed by atoms with Gasteiger partial charge in [0, 0.05) is 27.8 Å². The Hall–Kier alpha value is -0.150. The van der Waals surface area contributed by atoms with E-state index in [0.29, 0.717) is 21.2 Å². The molecule has 20 heavy (non-hydrogen) atoms. The second-order valence-electron chi connectivity index (χ2n) is 4.65. The zero-order chi connectivity index (χ0) is 14.8. The lowest BCUT2D eigenvalue weighted by Gasteiger charge is -2.23. The summed E-state index contributed by atoms with van der Waals surface area (Å²) in [5, 5.41) is 0. The van der Waals surface area contributed by atoms with Crippen molar-refractivity contribution in [2.24, 2.45) is 0 Å². The average Bonchev–Trinajstić information content (AvgIpc) is 2.36. The molecule has 5 nitrogen and oxygen atoms in total. The number of benzene rings is 1.